The number of nitrogens with zero attached hydrogens (tertiary/aromatic N) is 7. The minimum atomic E-state index is -4.82. The highest BCUT2D eigenvalue weighted by atomic mass is 35.5. The molecule has 9 rings (SSSR count). The number of ether oxygens (including phenoxy) is 2. The van der Waals surface area contributed by atoms with Crippen LogP contribution in [0.15, 0.2) is 12.1 Å². The number of nitrogen functional groups attached to an aromatic ring is 1. The van der Waals surface area contributed by atoms with Crippen molar-refractivity contribution in [3.8, 4) is 6.01 Å². The topological polar surface area (TPSA) is 127 Å². The number of piperidine rings is 1. The monoisotopic (exact) mass is 793 g/mol. The number of alkyl halides is 4. The van der Waals surface area contributed by atoms with Gasteiger partial charge in [-0.3, -0.25) is 14.4 Å². The van der Waals surface area contributed by atoms with E-state index in [-0.39, 0.29) is 48.2 Å². The average molecular weight is 794 g/mol. The Labute approximate surface area is 320 Å². The Balaban J connectivity index is 0.000000413. The second-order valence-electron chi connectivity index (χ2n) is 15.3. The van der Waals surface area contributed by atoms with E-state index < -0.39 is 41.1 Å². The van der Waals surface area contributed by atoms with Gasteiger partial charge in [-0.05, 0) is 69.7 Å². The zero-order valence-corrected chi connectivity index (χ0v) is 31.3. The number of anilines is 2. The summed E-state index contributed by atoms with van der Waals surface area (Å²) in [6.07, 6.45) is -0.647. The average Bonchev–Trinajstić information content (AvgIpc) is 3.91. The van der Waals surface area contributed by atoms with Crippen LogP contribution in [-0.4, -0.2) is 100 Å². The molecule has 1 aromatic carbocycles. The molecule has 18 heteroatoms. The number of aryl methyl sites for hydroxylation is 1. The SMILES string of the molecule is COc1nc2c(c(N3CCCn4nc(C(=O)N5CC6CCCNC6C5)c(Cl)c4C3)n1)COC(c1c(C(F)(F)F)ccc(N)c1F)C2.FC1CC2CCCN2C1. The fourth-order valence-corrected chi connectivity index (χ4v) is 9.40. The van der Waals surface area contributed by atoms with E-state index in [1.54, 1.807) is 4.68 Å². The molecular formula is C37H45ClF5N9O3. The molecule has 8 heterocycles. The molecule has 0 saturated carbocycles. The van der Waals surface area contributed by atoms with Crippen LogP contribution in [0, 0.1) is 11.7 Å². The summed E-state index contributed by atoms with van der Waals surface area (Å²) in [4.78, 5) is 28.7. The molecule has 3 aromatic rings. The number of nitrogens with two attached hydrogens (primary N) is 1. The fourth-order valence-electron chi connectivity index (χ4n) is 9.13. The van der Waals surface area contributed by atoms with E-state index in [1.807, 2.05) is 9.80 Å². The second-order valence-corrected chi connectivity index (χ2v) is 15.7. The first-order chi connectivity index (χ1) is 26.4. The number of carbonyl (C=O) groups excluding carboxylic acids is 1. The Hall–Kier alpha value is -3.80. The van der Waals surface area contributed by atoms with E-state index in [0.29, 0.717) is 73.9 Å². The van der Waals surface area contributed by atoms with E-state index in [2.05, 4.69) is 25.3 Å². The van der Waals surface area contributed by atoms with Crippen LogP contribution in [-0.2, 0) is 37.0 Å². The van der Waals surface area contributed by atoms with Gasteiger partial charge in [0.1, 0.15) is 12.0 Å². The first kappa shape index (κ1) is 38.1. The van der Waals surface area contributed by atoms with Gasteiger partial charge >= 0.3 is 12.2 Å². The molecule has 55 heavy (non-hydrogen) atoms. The number of rotatable bonds is 4. The maximum absolute atomic E-state index is 15.1. The lowest BCUT2D eigenvalue weighted by molar-refractivity contribution is -0.140. The lowest BCUT2D eigenvalue weighted by Crippen LogP contribution is -2.41. The van der Waals surface area contributed by atoms with Gasteiger partial charge in [-0.1, -0.05) is 11.6 Å². The van der Waals surface area contributed by atoms with Crippen molar-refractivity contribution in [3.05, 3.63) is 56.7 Å². The number of hydrogen-bond acceptors (Lipinski definition) is 10. The zero-order valence-electron chi connectivity index (χ0n) is 30.6. The maximum Gasteiger partial charge on any atom is 0.416 e. The van der Waals surface area contributed by atoms with Crippen molar-refractivity contribution in [1.29, 1.82) is 0 Å². The summed E-state index contributed by atoms with van der Waals surface area (Å²) in [6.45, 7) is 5.22. The summed E-state index contributed by atoms with van der Waals surface area (Å²) < 4.78 is 82.4. The summed E-state index contributed by atoms with van der Waals surface area (Å²) in [5.74, 6) is -0.489. The molecule has 2 aromatic heterocycles. The Morgan fingerprint density at radius 2 is 1.93 bits per heavy atom. The van der Waals surface area contributed by atoms with Crippen molar-refractivity contribution in [1.82, 2.24) is 34.9 Å². The molecule has 12 nitrogen and oxygen atoms in total. The molecule has 6 aliphatic heterocycles. The van der Waals surface area contributed by atoms with E-state index in [4.69, 9.17) is 26.8 Å². The van der Waals surface area contributed by atoms with Crippen LogP contribution < -0.4 is 20.7 Å². The van der Waals surface area contributed by atoms with Gasteiger partial charge in [0.25, 0.3) is 5.91 Å². The molecular weight excluding hydrogens is 749 g/mol. The number of hydrogen-bond donors (Lipinski definition) is 2. The number of amides is 1. The quantitative estimate of drug-likeness (QED) is 0.265. The van der Waals surface area contributed by atoms with Crippen LogP contribution in [0.25, 0.3) is 0 Å². The standard InChI is InChI=1S/C30H33ClF4N8O3.C7H12FN/c1-45-29-38-19-10-22(23-17(30(33,34)35)5-6-18(36)25(23)32)46-14-16(19)27(39-29)41-8-3-9-43-21(13-41)24(31)26(40-43)28(44)42-11-15-4-2-7-37-20(15)12-42;8-6-4-7-2-1-3-9(7)5-6/h5-6,15,20,22,37H,2-4,7-14,36H2,1H3;6-7H,1-5H2. The van der Waals surface area contributed by atoms with Gasteiger partial charge in [-0.15, -0.1) is 0 Å². The highest BCUT2D eigenvalue weighted by Crippen LogP contribution is 2.43. The summed E-state index contributed by atoms with van der Waals surface area (Å²) in [5, 5.41) is 8.42. The van der Waals surface area contributed by atoms with Gasteiger partial charge < -0.3 is 30.3 Å². The van der Waals surface area contributed by atoms with E-state index in [1.165, 1.54) is 20.0 Å². The van der Waals surface area contributed by atoms with Gasteiger partial charge in [0.2, 0.25) is 0 Å². The first-order valence-electron chi connectivity index (χ1n) is 19.0. The van der Waals surface area contributed by atoms with Crippen LogP contribution in [0.5, 0.6) is 6.01 Å². The minimum absolute atomic E-state index is 0.00215. The molecule has 0 bridgehead atoms. The third-order valence-electron chi connectivity index (χ3n) is 11.9. The van der Waals surface area contributed by atoms with Crippen LogP contribution in [0.3, 0.4) is 0 Å². The number of aromatic nitrogens is 4. The minimum Gasteiger partial charge on any atom is -0.467 e. The Morgan fingerprint density at radius 1 is 1.09 bits per heavy atom. The molecule has 0 spiro atoms. The molecule has 0 aliphatic carbocycles. The fraction of sp³-hybridized carbons (Fsp3) is 0.622. The van der Waals surface area contributed by atoms with Gasteiger partial charge in [0.15, 0.2) is 11.5 Å². The maximum atomic E-state index is 15.1. The number of fused-ring (bicyclic) bond motifs is 4. The summed E-state index contributed by atoms with van der Waals surface area (Å²) in [5.41, 5.74) is 5.22. The van der Waals surface area contributed by atoms with Crippen molar-refractivity contribution in [2.75, 3.05) is 57.0 Å². The molecule has 4 fully saturated rings. The highest BCUT2D eigenvalue weighted by molar-refractivity contribution is 6.34. The van der Waals surface area contributed by atoms with E-state index in [9.17, 15) is 22.4 Å². The normalized spacial score (nSPS) is 26.4. The Bertz CT molecular complexity index is 1910. The zero-order chi connectivity index (χ0) is 38.6. The van der Waals surface area contributed by atoms with Gasteiger partial charge in [-0.25, -0.2) is 8.78 Å². The molecule has 0 radical (unpaired) electrons. The molecule has 4 saturated heterocycles. The van der Waals surface area contributed by atoms with Crippen LogP contribution in [0.2, 0.25) is 5.02 Å². The Kier molecular flexibility index (Phi) is 10.6. The smallest absolute Gasteiger partial charge is 0.416 e. The lowest BCUT2D eigenvalue weighted by Gasteiger charge is -2.31. The predicted octanol–water partition coefficient (Wildman–Crippen LogP) is 5.32. The third-order valence-corrected chi connectivity index (χ3v) is 12.3. The number of nitrogens with one attached hydrogen (secondary N) is 1. The predicted molar refractivity (Wildman–Crippen MR) is 193 cm³/mol. The van der Waals surface area contributed by atoms with Crippen molar-refractivity contribution in [3.63, 3.8) is 0 Å². The van der Waals surface area contributed by atoms with Gasteiger partial charge in [0.05, 0.1) is 54.0 Å². The summed E-state index contributed by atoms with van der Waals surface area (Å²) in [7, 11) is 1.39. The number of likely N-dealkylation sites (tertiary alicyclic amines) is 1. The first-order valence-corrected chi connectivity index (χ1v) is 19.4. The third kappa shape index (κ3) is 7.44. The number of halogens is 6. The highest BCUT2D eigenvalue weighted by Gasteiger charge is 2.42. The van der Waals surface area contributed by atoms with Crippen molar-refractivity contribution >= 4 is 29.0 Å². The van der Waals surface area contributed by atoms with Crippen molar-refractivity contribution in [2.24, 2.45) is 5.92 Å². The molecule has 1 amide bonds. The van der Waals surface area contributed by atoms with Crippen molar-refractivity contribution < 1.29 is 36.2 Å². The summed E-state index contributed by atoms with van der Waals surface area (Å²) >= 11 is 6.87. The molecule has 3 N–H and O–H groups in total. The number of carbonyl (C=O) groups is 1. The summed E-state index contributed by atoms with van der Waals surface area (Å²) in [6, 6.07) is 2.55. The largest absolute Gasteiger partial charge is 0.467 e. The van der Waals surface area contributed by atoms with Gasteiger partial charge in [-0.2, -0.15) is 28.2 Å². The second kappa shape index (κ2) is 15.3. The molecule has 5 unspecified atom stereocenters. The molecule has 5 atom stereocenters. The van der Waals surface area contributed by atoms with Crippen LogP contribution >= 0.6 is 11.6 Å². The van der Waals surface area contributed by atoms with Crippen LogP contribution in [0.1, 0.15) is 83.2 Å². The van der Waals surface area contributed by atoms with Crippen molar-refractivity contribution in [2.45, 2.75) is 95.2 Å². The molecule has 6 aliphatic rings. The van der Waals surface area contributed by atoms with E-state index in [0.717, 1.165) is 44.5 Å². The van der Waals surface area contributed by atoms with Gasteiger partial charge in [0, 0.05) is 62.4 Å². The number of benzene rings is 1. The van der Waals surface area contributed by atoms with Crippen LogP contribution in [0.4, 0.5) is 33.5 Å². The van der Waals surface area contributed by atoms with E-state index >= 15 is 4.39 Å². The molecule has 298 valence electrons. The number of methoxy groups -OCH3 is 1. The Morgan fingerprint density at radius 3 is 2.69 bits per heavy atom. The lowest BCUT2D eigenvalue weighted by atomic mass is 9.94.